The molecule has 2 aliphatic rings. The highest BCUT2D eigenvalue weighted by Gasteiger charge is 2.20. The lowest BCUT2D eigenvalue weighted by Gasteiger charge is -2.25. The van der Waals surface area contributed by atoms with Crippen LogP contribution in [0.25, 0.3) is 0 Å². The van der Waals surface area contributed by atoms with Crippen LogP contribution < -0.4 is 5.32 Å². The fourth-order valence-corrected chi connectivity index (χ4v) is 2.63. The molecule has 1 saturated carbocycles. The van der Waals surface area contributed by atoms with Gasteiger partial charge in [-0.05, 0) is 43.6 Å². The van der Waals surface area contributed by atoms with Crippen molar-refractivity contribution in [1.82, 2.24) is 5.32 Å². The Hall–Kier alpha value is -0.380. The molecule has 0 heterocycles. The Balaban J connectivity index is 1.46. The van der Waals surface area contributed by atoms with Gasteiger partial charge in [0.25, 0.3) is 0 Å². The van der Waals surface area contributed by atoms with Crippen molar-refractivity contribution in [3.05, 3.63) is 12.2 Å². The van der Waals surface area contributed by atoms with Gasteiger partial charge in [-0.2, -0.15) is 0 Å². The maximum absolute atomic E-state index is 9.82. The van der Waals surface area contributed by atoms with E-state index in [1.165, 1.54) is 25.7 Å². The van der Waals surface area contributed by atoms with Crippen molar-refractivity contribution in [2.24, 2.45) is 17.8 Å². The van der Waals surface area contributed by atoms with Crippen molar-refractivity contribution in [2.45, 2.75) is 45.1 Å². The van der Waals surface area contributed by atoms with Gasteiger partial charge in [0, 0.05) is 6.54 Å². The maximum atomic E-state index is 9.82. The SMILES string of the molecule is CC1CC=CCC1COCC(O)CNCCC1CC1. The van der Waals surface area contributed by atoms with E-state index in [1.807, 2.05) is 0 Å². The zero-order valence-corrected chi connectivity index (χ0v) is 12.2. The Bertz CT molecular complexity index is 276. The molecule has 3 heteroatoms. The summed E-state index contributed by atoms with van der Waals surface area (Å²) < 4.78 is 5.67. The molecule has 0 saturated heterocycles. The third kappa shape index (κ3) is 6.07. The van der Waals surface area contributed by atoms with E-state index in [-0.39, 0.29) is 6.10 Å². The van der Waals surface area contributed by atoms with Crippen molar-refractivity contribution in [1.29, 1.82) is 0 Å². The number of ether oxygens (including phenoxy) is 1. The number of hydrogen-bond donors (Lipinski definition) is 2. The summed E-state index contributed by atoms with van der Waals surface area (Å²) in [6.45, 7) is 5.22. The molecule has 3 unspecified atom stereocenters. The summed E-state index contributed by atoms with van der Waals surface area (Å²) in [6, 6.07) is 0. The smallest absolute Gasteiger partial charge is 0.0897 e. The van der Waals surface area contributed by atoms with Crippen LogP contribution in [0.4, 0.5) is 0 Å². The first kappa shape index (κ1) is 15.0. The van der Waals surface area contributed by atoms with Crippen LogP contribution in [0.3, 0.4) is 0 Å². The first-order valence-electron chi connectivity index (χ1n) is 7.87. The van der Waals surface area contributed by atoms with Crippen molar-refractivity contribution in [2.75, 3.05) is 26.3 Å². The van der Waals surface area contributed by atoms with Gasteiger partial charge in [-0.25, -0.2) is 0 Å². The van der Waals surface area contributed by atoms with E-state index in [1.54, 1.807) is 0 Å². The molecule has 3 atom stereocenters. The van der Waals surface area contributed by atoms with Crippen molar-refractivity contribution >= 4 is 0 Å². The molecule has 19 heavy (non-hydrogen) atoms. The van der Waals surface area contributed by atoms with Crippen LogP contribution in [-0.2, 0) is 4.74 Å². The topological polar surface area (TPSA) is 41.5 Å². The Morgan fingerprint density at radius 2 is 2.11 bits per heavy atom. The fourth-order valence-electron chi connectivity index (χ4n) is 2.63. The van der Waals surface area contributed by atoms with E-state index in [4.69, 9.17) is 4.74 Å². The number of hydrogen-bond acceptors (Lipinski definition) is 3. The standard InChI is InChI=1S/C16H29NO2/c1-13-4-2-3-5-15(13)11-19-12-16(18)10-17-9-8-14-6-7-14/h2-3,13-18H,4-12H2,1H3. The highest BCUT2D eigenvalue weighted by molar-refractivity contribution is 4.93. The fraction of sp³-hybridized carbons (Fsp3) is 0.875. The minimum atomic E-state index is -0.367. The molecule has 0 aromatic rings. The molecule has 0 aromatic carbocycles. The van der Waals surface area contributed by atoms with Gasteiger partial charge in [0.2, 0.25) is 0 Å². The van der Waals surface area contributed by atoms with Gasteiger partial charge in [0.05, 0.1) is 19.3 Å². The normalized spacial score (nSPS) is 28.5. The number of nitrogens with one attached hydrogen (secondary N) is 1. The molecule has 2 N–H and O–H groups in total. The molecular weight excluding hydrogens is 238 g/mol. The lowest BCUT2D eigenvalue weighted by molar-refractivity contribution is 0.0129. The van der Waals surface area contributed by atoms with E-state index in [2.05, 4.69) is 24.4 Å². The lowest BCUT2D eigenvalue weighted by Crippen LogP contribution is -2.32. The van der Waals surface area contributed by atoms with Crippen LogP contribution in [0, 0.1) is 17.8 Å². The second-order valence-electron chi connectivity index (χ2n) is 6.31. The summed E-state index contributed by atoms with van der Waals surface area (Å²) in [7, 11) is 0. The van der Waals surface area contributed by atoms with Gasteiger partial charge >= 0.3 is 0 Å². The van der Waals surface area contributed by atoms with Crippen LogP contribution in [0.5, 0.6) is 0 Å². The predicted molar refractivity (Wildman–Crippen MR) is 78.1 cm³/mol. The Labute approximate surface area is 117 Å². The molecule has 0 radical (unpaired) electrons. The van der Waals surface area contributed by atoms with E-state index >= 15 is 0 Å². The second-order valence-corrected chi connectivity index (χ2v) is 6.31. The monoisotopic (exact) mass is 267 g/mol. The number of allylic oxidation sites excluding steroid dienone is 2. The molecule has 0 aliphatic heterocycles. The van der Waals surface area contributed by atoms with Gasteiger partial charge < -0.3 is 15.2 Å². The van der Waals surface area contributed by atoms with Crippen LogP contribution in [0.15, 0.2) is 12.2 Å². The van der Waals surface area contributed by atoms with E-state index in [0.717, 1.165) is 25.5 Å². The van der Waals surface area contributed by atoms with Gasteiger partial charge in [-0.3, -0.25) is 0 Å². The van der Waals surface area contributed by atoms with Crippen molar-refractivity contribution in [3.8, 4) is 0 Å². The molecule has 0 aromatic heterocycles. The number of aliphatic hydroxyl groups excluding tert-OH is 1. The van der Waals surface area contributed by atoms with Crippen LogP contribution in [0.2, 0.25) is 0 Å². The van der Waals surface area contributed by atoms with Crippen LogP contribution >= 0.6 is 0 Å². The van der Waals surface area contributed by atoms with Gasteiger partial charge in [0.15, 0.2) is 0 Å². The van der Waals surface area contributed by atoms with Crippen molar-refractivity contribution in [3.63, 3.8) is 0 Å². The third-order valence-electron chi connectivity index (χ3n) is 4.37. The van der Waals surface area contributed by atoms with Crippen LogP contribution in [0.1, 0.15) is 39.0 Å². The molecule has 0 spiro atoms. The number of aliphatic hydroxyl groups is 1. The van der Waals surface area contributed by atoms with Gasteiger partial charge in [-0.15, -0.1) is 0 Å². The molecular formula is C16H29NO2. The third-order valence-corrected chi connectivity index (χ3v) is 4.37. The summed E-state index contributed by atoms with van der Waals surface area (Å²) in [6.07, 6.45) is 10.5. The Morgan fingerprint density at radius 1 is 1.32 bits per heavy atom. The molecule has 0 bridgehead atoms. The van der Waals surface area contributed by atoms with Crippen molar-refractivity contribution < 1.29 is 9.84 Å². The van der Waals surface area contributed by atoms with Gasteiger partial charge in [0.1, 0.15) is 0 Å². The minimum absolute atomic E-state index is 0.367. The average molecular weight is 267 g/mol. The predicted octanol–water partition coefficient (Wildman–Crippen LogP) is 2.36. The van der Waals surface area contributed by atoms with E-state index in [9.17, 15) is 5.11 Å². The maximum Gasteiger partial charge on any atom is 0.0897 e. The summed E-state index contributed by atoms with van der Waals surface area (Å²) in [4.78, 5) is 0. The average Bonchev–Trinajstić information content (AvgIpc) is 3.21. The minimum Gasteiger partial charge on any atom is -0.389 e. The summed E-state index contributed by atoms with van der Waals surface area (Å²) in [5.74, 6) is 2.29. The summed E-state index contributed by atoms with van der Waals surface area (Å²) in [5.41, 5.74) is 0. The molecule has 3 nitrogen and oxygen atoms in total. The zero-order valence-electron chi connectivity index (χ0n) is 12.2. The van der Waals surface area contributed by atoms with Crippen LogP contribution in [-0.4, -0.2) is 37.5 Å². The molecule has 1 fully saturated rings. The largest absolute Gasteiger partial charge is 0.389 e. The molecule has 2 aliphatic carbocycles. The van der Waals surface area contributed by atoms with E-state index < -0.39 is 0 Å². The van der Waals surface area contributed by atoms with Gasteiger partial charge in [-0.1, -0.05) is 31.9 Å². The molecule has 2 rings (SSSR count). The zero-order chi connectivity index (χ0) is 13.5. The number of rotatable bonds is 9. The highest BCUT2D eigenvalue weighted by atomic mass is 16.5. The Morgan fingerprint density at radius 3 is 2.84 bits per heavy atom. The first-order chi connectivity index (χ1) is 9.25. The molecule has 110 valence electrons. The van der Waals surface area contributed by atoms with E-state index in [0.29, 0.717) is 25.0 Å². The summed E-state index contributed by atoms with van der Waals surface area (Å²) in [5, 5.41) is 13.1. The second kappa shape index (κ2) is 8.03. The summed E-state index contributed by atoms with van der Waals surface area (Å²) >= 11 is 0. The molecule has 0 amide bonds. The first-order valence-corrected chi connectivity index (χ1v) is 7.87. The quantitative estimate of drug-likeness (QED) is 0.498. The lowest BCUT2D eigenvalue weighted by atomic mass is 9.85. The Kier molecular flexibility index (Phi) is 6.35. The highest BCUT2D eigenvalue weighted by Crippen LogP contribution is 2.31.